The Balaban J connectivity index is 1.86. The van der Waals surface area contributed by atoms with Crippen LogP contribution in [-0.2, 0) is 23.4 Å². The molecule has 0 spiro atoms. The summed E-state index contributed by atoms with van der Waals surface area (Å²) in [7, 11) is -3.05. The maximum absolute atomic E-state index is 13.7. The number of aliphatic hydroxyl groups is 1. The van der Waals surface area contributed by atoms with Crippen molar-refractivity contribution >= 4 is 33.2 Å². The number of carbonyl (C=O) groups excluding carboxylic acids is 1. The molecule has 1 aliphatic heterocycles. The van der Waals surface area contributed by atoms with Crippen molar-refractivity contribution in [3.8, 4) is 5.75 Å². The van der Waals surface area contributed by atoms with Gasteiger partial charge in [-0.2, -0.15) is 5.09 Å². The minimum atomic E-state index is -4.46. The molecule has 1 saturated heterocycles. The zero-order valence-electron chi connectivity index (χ0n) is 20.5. The number of carbonyl (C=O) groups is 1. The van der Waals surface area contributed by atoms with Gasteiger partial charge in [0, 0.05) is 18.3 Å². The topological polar surface area (TPSA) is 158 Å². The fourth-order valence-electron chi connectivity index (χ4n) is 3.58. The third kappa shape index (κ3) is 6.70. The van der Waals surface area contributed by atoms with E-state index >= 15 is 0 Å². The Labute approximate surface area is 217 Å². The van der Waals surface area contributed by atoms with E-state index < -0.39 is 66.1 Å². The number of aromatic amines is 1. The van der Waals surface area contributed by atoms with Gasteiger partial charge in [-0.05, 0) is 32.9 Å². The number of benzene rings is 1. The van der Waals surface area contributed by atoms with Crippen molar-refractivity contribution < 1.29 is 37.4 Å². The van der Waals surface area contributed by atoms with Crippen molar-refractivity contribution in [3.63, 3.8) is 0 Å². The van der Waals surface area contributed by atoms with E-state index in [0.717, 1.165) is 29.0 Å². The summed E-state index contributed by atoms with van der Waals surface area (Å²) in [5.41, 5.74) is -3.03. The molecule has 0 aliphatic carbocycles. The SMILES string of the molecule is B[C@]1(Cl)[C@H](O)[C@@H](CO[P@@](=O)(NC(C)(C)C(=O)OCC)Oc2cccc(F)c2)O[C@H]1n1ccc(=O)[nH]c1=O. The molecular formula is C21H27BClFN3O9P. The molecule has 2 heterocycles. The zero-order chi connectivity index (χ0) is 27.6. The molecular weight excluding hydrogens is 534 g/mol. The van der Waals surface area contributed by atoms with Gasteiger partial charge in [0.05, 0.1) is 24.1 Å². The summed E-state index contributed by atoms with van der Waals surface area (Å²) in [6, 6.07) is 5.84. The molecule has 0 unspecified atom stereocenters. The second-order valence-corrected chi connectivity index (χ2v) is 11.4. The van der Waals surface area contributed by atoms with Crippen LogP contribution in [0.1, 0.15) is 27.0 Å². The summed E-state index contributed by atoms with van der Waals surface area (Å²) in [5.74, 6) is -1.59. The van der Waals surface area contributed by atoms with Gasteiger partial charge in [0.1, 0.15) is 31.1 Å². The van der Waals surface area contributed by atoms with Crippen LogP contribution in [0.15, 0.2) is 46.1 Å². The molecule has 1 fully saturated rings. The summed E-state index contributed by atoms with van der Waals surface area (Å²) < 4.78 is 48.6. The third-order valence-electron chi connectivity index (χ3n) is 5.45. The zero-order valence-corrected chi connectivity index (χ0v) is 22.1. The van der Waals surface area contributed by atoms with Crippen LogP contribution in [0.25, 0.3) is 0 Å². The summed E-state index contributed by atoms with van der Waals surface area (Å²) >= 11 is 6.50. The lowest BCUT2D eigenvalue weighted by molar-refractivity contribution is -0.149. The molecule has 0 amide bonds. The van der Waals surface area contributed by atoms with E-state index in [1.54, 1.807) is 6.92 Å². The lowest BCUT2D eigenvalue weighted by Crippen LogP contribution is -2.47. The minimum absolute atomic E-state index is 0.0573. The van der Waals surface area contributed by atoms with Crippen molar-refractivity contribution in [2.75, 3.05) is 13.2 Å². The molecule has 3 N–H and O–H groups in total. The average molecular weight is 562 g/mol. The summed E-state index contributed by atoms with van der Waals surface area (Å²) in [4.78, 5) is 38.1. The van der Waals surface area contributed by atoms with Crippen molar-refractivity contribution in [2.45, 2.75) is 49.5 Å². The number of rotatable bonds is 10. The van der Waals surface area contributed by atoms with Crippen LogP contribution < -0.4 is 20.9 Å². The smallest absolute Gasteiger partial charge is 0.459 e. The molecule has 5 atom stereocenters. The number of nitrogens with zero attached hydrogens (tertiary/aromatic N) is 1. The van der Waals surface area contributed by atoms with Gasteiger partial charge in [0.2, 0.25) is 0 Å². The van der Waals surface area contributed by atoms with Gasteiger partial charge in [-0.25, -0.2) is 13.8 Å². The molecule has 1 aliphatic rings. The quantitative estimate of drug-likeness (QED) is 0.163. The van der Waals surface area contributed by atoms with Gasteiger partial charge in [-0.3, -0.25) is 23.7 Å². The number of aliphatic hydroxyl groups excluding tert-OH is 1. The molecule has 1 aromatic carbocycles. The Morgan fingerprint density at radius 2 is 2.11 bits per heavy atom. The lowest BCUT2D eigenvalue weighted by Gasteiger charge is -2.30. The number of esters is 1. The summed E-state index contributed by atoms with van der Waals surface area (Å²) in [6.45, 7) is 3.83. The summed E-state index contributed by atoms with van der Waals surface area (Å²) in [5, 5.41) is 13.3. The molecule has 3 rings (SSSR count). The highest BCUT2D eigenvalue weighted by Gasteiger charge is 2.54. The Kier molecular flexibility index (Phi) is 8.73. The minimum Gasteiger partial charge on any atom is -0.465 e. The van der Waals surface area contributed by atoms with Gasteiger partial charge in [0.25, 0.3) is 5.56 Å². The van der Waals surface area contributed by atoms with E-state index in [9.17, 15) is 28.4 Å². The first-order valence-corrected chi connectivity index (χ1v) is 13.1. The maximum atomic E-state index is 13.7. The van der Waals surface area contributed by atoms with Crippen LogP contribution in [0.4, 0.5) is 4.39 Å². The Morgan fingerprint density at radius 1 is 1.41 bits per heavy atom. The fraction of sp³-hybridized carbons (Fsp3) is 0.476. The van der Waals surface area contributed by atoms with E-state index in [1.807, 2.05) is 0 Å². The van der Waals surface area contributed by atoms with Crippen LogP contribution >= 0.6 is 19.3 Å². The Hall–Kier alpha value is -2.48. The van der Waals surface area contributed by atoms with Crippen LogP contribution in [0, 0.1) is 5.82 Å². The van der Waals surface area contributed by atoms with Crippen LogP contribution in [0.2, 0.25) is 0 Å². The van der Waals surface area contributed by atoms with Gasteiger partial charge >= 0.3 is 19.4 Å². The lowest BCUT2D eigenvalue weighted by atomic mass is 9.79. The van der Waals surface area contributed by atoms with E-state index in [4.69, 9.17) is 30.1 Å². The number of nitrogens with one attached hydrogen (secondary N) is 2. The molecule has 2 aromatic rings. The molecule has 1 aromatic heterocycles. The molecule has 37 heavy (non-hydrogen) atoms. The molecule has 0 bridgehead atoms. The van der Waals surface area contributed by atoms with Crippen LogP contribution in [-0.4, -0.2) is 64.2 Å². The number of aromatic nitrogens is 2. The molecule has 12 nitrogen and oxygen atoms in total. The highest BCUT2D eigenvalue weighted by molar-refractivity contribution is 7.52. The predicted molar refractivity (Wildman–Crippen MR) is 133 cm³/mol. The first-order chi connectivity index (χ1) is 17.2. The second-order valence-electron chi connectivity index (χ2n) is 8.94. The van der Waals surface area contributed by atoms with E-state index in [1.165, 1.54) is 33.8 Å². The Morgan fingerprint density at radius 3 is 2.73 bits per heavy atom. The number of hydrogen-bond donors (Lipinski definition) is 3. The maximum Gasteiger partial charge on any atom is 0.459 e. The highest BCUT2D eigenvalue weighted by atomic mass is 35.5. The standard InChI is InChI=1S/C21H27BClFN3O9P/c1-4-33-18(30)20(2,3)26-37(32,36-13-7-5-6-12(24)10-13)34-11-14-16(29)21(22,23)17(35-14)27-9-8-15(28)25-19(27)31/h5-10,14,16-17,29H,4,11,22H2,1-3H3,(H,26,32)(H,25,28,31)/t14-,16-,17-,21+,37+/m1/s1. The highest BCUT2D eigenvalue weighted by Crippen LogP contribution is 2.48. The number of ether oxygens (including phenoxy) is 2. The van der Waals surface area contributed by atoms with Crippen molar-refractivity contribution in [2.24, 2.45) is 0 Å². The van der Waals surface area contributed by atoms with Gasteiger partial charge in [-0.15, -0.1) is 11.6 Å². The van der Waals surface area contributed by atoms with E-state index in [-0.39, 0.29) is 12.4 Å². The van der Waals surface area contributed by atoms with Crippen molar-refractivity contribution in [1.82, 2.24) is 14.6 Å². The fourth-order valence-corrected chi connectivity index (χ4v) is 5.55. The first kappa shape index (κ1) is 29.1. The third-order valence-corrected chi connectivity index (χ3v) is 7.64. The number of H-pyrrole nitrogens is 1. The van der Waals surface area contributed by atoms with Gasteiger partial charge < -0.3 is 19.1 Å². The van der Waals surface area contributed by atoms with Crippen molar-refractivity contribution in [1.29, 1.82) is 0 Å². The number of halogens is 2. The largest absolute Gasteiger partial charge is 0.465 e. The van der Waals surface area contributed by atoms with Crippen molar-refractivity contribution in [3.05, 3.63) is 63.2 Å². The van der Waals surface area contributed by atoms with Gasteiger partial charge in [0.15, 0.2) is 6.23 Å². The monoisotopic (exact) mass is 561 g/mol. The van der Waals surface area contributed by atoms with Crippen LogP contribution in [0.5, 0.6) is 5.75 Å². The average Bonchev–Trinajstić information content (AvgIpc) is 3.01. The number of hydrogen-bond acceptors (Lipinski definition) is 9. The summed E-state index contributed by atoms with van der Waals surface area (Å²) in [6.07, 6.45) is -2.76. The molecule has 0 radical (unpaired) electrons. The second kappa shape index (κ2) is 11.1. The first-order valence-electron chi connectivity index (χ1n) is 11.2. The van der Waals surface area contributed by atoms with Crippen LogP contribution in [0.3, 0.4) is 0 Å². The Bertz CT molecular complexity index is 1300. The normalized spacial score (nSPS) is 25.4. The molecule has 16 heteroatoms. The molecule has 0 saturated carbocycles. The van der Waals surface area contributed by atoms with E-state index in [0.29, 0.717) is 0 Å². The number of alkyl halides is 1. The molecule has 202 valence electrons. The predicted octanol–water partition coefficient (Wildman–Crippen LogP) is 0.637. The van der Waals surface area contributed by atoms with E-state index in [2.05, 4.69) is 10.1 Å². The van der Waals surface area contributed by atoms with Gasteiger partial charge in [-0.1, -0.05) is 6.07 Å².